The Bertz CT molecular complexity index is 1180. The van der Waals surface area contributed by atoms with Crippen LogP contribution in [0.4, 0.5) is 0 Å². The van der Waals surface area contributed by atoms with Gasteiger partial charge in [0.1, 0.15) is 23.0 Å². The van der Waals surface area contributed by atoms with Crippen LogP contribution in [-0.2, 0) is 9.59 Å². The van der Waals surface area contributed by atoms with Gasteiger partial charge in [0.25, 0.3) is 11.7 Å². The van der Waals surface area contributed by atoms with Gasteiger partial charge in [0, 0.05) is 19.2 Å². The number of likely N-dealkylation sites (N-methyl/N-ethyl adjacent to an activating group) is 1. The summed E-state index contributed by atoms with van der Waals surface area (Å²) in [4.78, 5) is 30.4. The van der Waals surface area contributed by atoms with Crippen LogP contribution in [0.25, 0.3) is 5.76 Å². The average Bonchev–Trinajstić information content (AvgIpc) is 3.13. The van der Waals surface area contributed by atoms with Crippen molar-refractivity contribution in [1.82, 2.24) is 9.80 Å². The minimum Gasteiger partial charge on any atom is -0.507 e. The van der Waals surface area contributed by atoms with E-state index in [1.807, 2.05) is 45.9 Å². The number of ketones is 1. The number of carbonyl (C=O) groups is 2. The van der Waals surface area contributed by atoms with Crippen molar-refractivity contribution in [2.45, 2.75) is 39.8 Å². The summed E-state index contributed by atoms with van der Waals surface area (Å²) in [5, 5.41) is 11.8. The molecular weight excluding hydrogens is 496 g/mol. The van der Waals surface area contributed by atoms with Crippen LogP contribution in [0.15, 0.2) is 42.0 Å². The molecule has 0 radical (unpaired) electrons. The predicted octanol–water partition coefficient (Wildman–Crippen LogP) is 4.91. The number of likely N-dealkylation sites (tertiary alicyclic amines) is 1. The molecule has 8 nitrogen and oxygen atoms in total. The maximum atomic E-state index is 13.4. The van der Waals surface area contributed by atoms with Gasteiger partial charge in [0.2, 0.25) is 0 Å². The Morgan fingerprint density at radius 2 is 1.76 bits per heavy atom. The number of hydrogen-bond donors (Lipinski definition) is 1. The fraction of sp³-hybridized carbons (Fsp3) is 0.429. The quantitative estimate of drug-likeness (QED) is 0.251. The lowest BCUT2D eigenvalue weighted by Crippen LogP contribution is -2.38. The number of hydrogen-bond acceptors (Lipinski definition) is 7. The van der Waals surface area contributed by atoms with Gasteiger partial charge in [-0.25, -0.2) is 0 Å². The van der Waals surface area contributed by atoms with E-state index in [1.165, 1.54) is 31.3 Å². The summed E-state index contributed by atoms with van der Waals surface area (Å²) in [5.74, 6) is -0.665. The first kappa shape index (κ1) is 28.3. The van der Waals surface area contributed by atoms with E-state index in [4.69, 9.17) is 25.8 Å². The first-order valence-electron chi connectivity index (χ1n) is 12.4. The molecule has 2 aromatic carbocycles. The number of rotatable bonds is 11. The lowest BCUT2D eigenvalue weighted by atomic mass is 9.94. The minimum absolute atomic E-state index is 0.0334. The van der Waals surface area contributed by atoms with Crippen LogP contribution in [0.5, 0.6) is 17.2 Å². The molecule has 37 heavy (non-hydrogen) atoms. The summed E-state index contributed by atoms with van der Waals surface area (Å²) in [5.41, 5.74) is 0.817. The zero-order valence-electron chi connectivity index (χ0n) is 22.2. The van der Waals surface area contributed by atoms with Crippen LogP contribution in [0.2, 0.25) is 5.02 Å². The molecule has 1 aliphatic heterocycles. The van der Waals surface area contributed by atoms with Crippen molar-refractivity contribution < 1.29 is 28.9 Å². The number of aliphatic hydroxyl groups excluding tert-OH is 1. The van der Waals surface area contributed by atoms with Crippen LogP contribution in [0.3, 0.4) is 0 Å². The average molecular weight is 531 g/mol. The monoisotopic (exact) mass is 530 g/mol. The summed E-state index contributed by atoms with van der Waals surface area (Å²) in [7, 11) is 2.88. The smallest absolute Gasteiger partial charge is 0.295 e. The third kappa shape index (κ3) is 6.02. The van der Waals surface area contributed by atoms with Crippen LogP contribution >= 0.6 is 11.6 Å². The largest absolute Gasteiger partial charge is 0.507 e. The molecule has 1 N–H and O–H groups in total. The van der Waals surface area contributed by atoms with Gasteiger partial charge in [0.05, 0.1) is 42.5 Å². The summed E-state index contributed by atoms with van der Waals surface area (Å²) in [6, 6.07) is 9.42. The molecule has 1 amide bonds. The Hall–Kier alpha value is -3.23. The molecule has 9 heteroatoms. The van der Waals surface area contributed by atoms with E-state index in [2.05, 4.69) is 4.90 Å². The fourth-order valence-corrected chi connectivity index (χ4v) is 4.70. The Kier molecular flexibility index (Phi) is 9.45. The molecule has 200 valence electrons. The van der Waals surface area contributed by atoms with Gasteiger partial charge >= 0.3 is 0 Å². The van der Waals surface area contributed by atoms with Crippen molar-refractivity contribution in [2.75, 3.05) is 40.4 Å². The Labute approximate surface area is 223 Å². The van der Waals surface area contributed by atoms with Crippen LogP contribution in [0, 0.1) is 0 Å². The fourth-order valence-electron chi connectivity index (χ4n) is 4.47. The molecule has 0 spiro atoms. The molecule has 1 aliphatic rings. The molecule has 2 aromatic rings. The van der Waals surface area contributed by atoms with E-state index in [0.29, 0.717) is 30.2 Å². The van der Waals surface area contributed by atoms with Gasteiger partial charge in [0.15, 0.2) is 0 Å². The molecule has 1 unspecified atom stereocenters. The number of aliphatic hydroxyl groups is 1. The highest BCUT2D eigenvalue weighted by atomic mass is 35.5. The molecule has 0 bridgehead atoms. The van der Waals surface area contributed by atoms with Crippen molar-refractivity contribution in [3.05, 3.63) is 58.1 Å². The molecule has 1 heterocycles. The summed E-state index contributed by atoms with van der Waals surface area (Å²) in [6.07, 6.45) is -0.0601. The van der Waals surface area contributed by atoms with Crippen molar-refractivity contribution >= 4 is 29.1 Å². The van der Waals surface area contributed by atoms with Gasteiger partial charge in [-0.15, -0.1) is 0 Å². The Morgan fingerprint density at radius 1 is 1.08 bits per heavy atom. The second-order valence-corrected chi connectivity index (χ2v) is 9.35. The zero-order chi connectivity index (χ0) is 27.3. The summed E-state index contributed by atoms with van der Waals surface area (Å²) < 4.78 is 16.6. The lowest BCUT2D eigenvalue weighted by Gasteiger charge is -2.28. The van der Waals surface area contributed by atoms with Crippen LogP contribution in [0.1, 0.15) is 44.9 Å². The second-order valence-electron chi connectivity index (χ2n) is 8.95. The summed E-state index contributed by atoms with van der Waals surface area (Å²) in [6.45, 7) is 10.4. The number of ether oxygens (including phenoxy) is 3. The SMILES string of the molecule is CCN(CC)CCN1C(=O)C(=O)/C(=C(/O)c2cc(OC)c(Cl)cc2OC)C1c1cccc(OC(C)C)c1. The molecule has 3 rings (SSSR count). The van der Waals surface area contributed by atoms with E-state index in [9.17, 15) is 14.7 Å². The first-order valence-corrected chi connectivity index (χ1v) is 12.7. The maximum Gasteiger partial charge on any atom is 0.295 e. The topological polar surface area (TPSA) is 88.5 Å². The highest BCUT2D eigenvalue weighted by Gasteiger charge is 2.46. The molecule has 1 fully saturated rings. The summed E-state index contributed by atoms with van der Waals surface area (Å²) >= 11 is 6.25. The number of amides is 1. The standard InChI is InChI=1S/C28H35ClN2O6/c1-7-30(8-2)12-13-31-25(18-10-9-11-19(14-18)37-17(3)4)24(27(33)28(31)34)26(32)20-15-23(36-6)21(29)16-22(20)35-5/h9-11,14-17,25,32H,7-8,12-13H2,1-6H3/b26-24+. The van der Waals surface area contributed by atoms with Crippen LogP contribution < -0.4 is 14.2 Å². The van der Waals surface area contributed by atoms with Gasteiger partial charge in [-0.2, -0.15) is 0 Å². The van der Waals surface area contributed by atoms with Crippen molar-refractivity contribution in [3.8, 4) is 17.2 Å². The number of nitrogens with zero attached hydrogens (tertiary/aromatic N) is 2. The third-order valence-corrected chi connectivity index (χ3v) is 6.66. The molecule has 1 saturated heterocycles. The highest BCUT2D eigenvalue weighted by molar-refractivity contribution is 6.46. The Morgan fingerprint density at radius 3 is 2.35 bits per heavy atom. The second kappa shape index (κ2) is 12.3. The van der Waals surface area contributed by atoms with E-state index in [0.717, 1.165) is 13.1 Å². The molecule has 0 aliphatic carbocycles. The molecule has 1 atom stereocenters. The van der Waals surface area contributed by atoms with E-state index in [1.54, 1.807) is 6.07 Å². The molecular formula is C28H35ClN2O6. The van der Waals surface area contributed by atoms with Gasteiger partial charge in [-0.1, -0.05) is 37.6 Å². The van der Waals surface area contributed by atoms with E-state index < -0.39 is 17.7 Å². The van der Waals surface area contributed by atoms with Gasteiger partial charge < -0.3 is 29.1 Å². The minimum atomic E-state index is -0.822. The maximum absolute atomic E-state index is 13.4. The van der Waals surface area contributed by atoms with Gasteiger partial charge in [-0.05, 0) is 50.7 Å². The highest BCUT2D eigenvalue weighted by Crippen LogP contribution is 2.43. The van der Waals surface area contributed by atoms with Crippen molar-refractivity contribution in [1.29, 1.82) is 0 Å². The van der Waals surface area contributed by atoms with Crippen molar-refractivity contribution in [2.24, 2.45) is 0 Å². The van der Waals surface area contributed by atoms with E-state index in [-0.39, 0.29) is 33.8 Å². The van der Waals surface area contributed by atoms with Crippen molar-refractivity contribution in [3.63, 3.8) is 0 Å². The zero-order valence-corrected chi connectivity index (χ0v) is 23.0. The normalized spacial score (nSPS) is 17.1. The number of benzene rings is 2. The third-order valence-electron chi connectivity index (χ3n) is 6.37. The number of Topliss-reactive ketones (excluding diaryl/α,β-unsaturated/α-hetero) is 1. The number of halogens is 1. The number of carbonyl (C=O) groups excluding carboxylic acids is 2. The van der Waals surface area contributed by atoms with Gasteiger partial charge in [-0.3, -0.25) is 9.59 Å². The number of methoxy groups -OCH3 is 2. The first-order chi connectivity index (χ1) is 17.7. The lowest BCUT2D eigenvalue weighted by molar-refractivity contribution is -0.140. The van der Waals surface area contributed by atoms with Crippen LogP contribution in [-0.4, -0.2) is 73.1 Å². The molecule has 0 saturated carbocycles. The Balaban J connectivity index is 2.21. The predicted molar refractivity (Wildman–Crippen MR) is 144 cm³/mol. The van der Waals surface area contributed by atoms with E-state index >= 15 is 0 Å². The molecule has 0 aromatic heterocycles.